The molecule has 2 N–H and O–H groups in total. The first kappa shape index (κ1) is 19.5. The third kappa shape index (κ3) is 5.60. The summed E-state index contributed by atoms with van der Waals surface area (Å²) in [5.74, 6) is 0.857. The van der Waals surface area contributed by atoms with Crippen molar-refractivity contribution in [2.75, 3.05) is 6.61 Å². The summed E-state index contributed by atoms with van der Waals surface area (Å²) in [6.07, 6.45) is 0.877. The lowest BCUT2D eigenvalue weighted by atomic mass is 10.00. The van der Waals surface area contributed by atoms with Crippen LogP contribution in [-0.4, -0.2) is 6.61 Å². The topological polar surface area (TPSA) is 35.2 Å². The summed E-state index contributed by atoms with van der Waals surface area (Å²) in [4.78, 5) is 0. The summed E-state index contributed by atoms with van der Waals surface area (Å²) in [6, 6.07) is 26.3. The molecule has 0 saturated carbocycles. The molecule has 3 rings (SSSR count). The maximum Gasteiger partial charge on any atom is 0.119 e. The van der Waals surface area contributed by atoms with Crippen LogP contribution in [0.3, 0.4) is 0 Å². The predicted molar refractivity (Wildman–Crippen MR) is 110 cm³/mol. The molecule has 0 fully saturated rings. The van der Waals surface area contributed by atoms with Gasteiger partial charge >= 0.3 is 0 Å². The van der Waals surface area contributed by atoms with E-state index in [1.54, 1.807) is 0 Å². The highest BCUT2D eigenvalue weighted by Gasteiger charge is 2.09. The molecule has 0 aromatic heterocycles. The first-order chi connectivity index (χ1) is 11.7. The van der Waals surface area contributed by atoms with Gasteiger partial charge in [0.1, 0.15) is 5.75 Å². The standard InChI is InChI=1S/C21H20BrNO.ClH/c22-19-11-9-16(10-12-19)13-14-24-20-8-4-7-18(15-20)21(23)17-5-2-1-3-6-17;/h1-12,15,21H,13-14,23H2;1H. The van der Waals surface area contributed by atoms with Crippen LogP contribution >= 0.6 is 28.3 Å². The van der Waals surface area contributed by atoms with Crippen LogP contribution in [0.2, 0.25) is 0 Å². The number of nitrogens with two attached hydrogens (primary N) is 1. The minimum atomic E-state index is -0.138. The number of rotatable bonds is 6. The Balaban J connectivity index is 0.00000225. The van der Waals surface area contributed by atoms with Gasteiger partial charge in [0.25, 0.3) is 0 Å². The van der Waals surface area contributed by atoms with Crippen molar-refractivity contribution in [2.24, 2.45) is 5.73 Å². The molecule has 0 amide bonds. The Morgan fingerprint density at radius 2 is 1.52 bits per heavy atom. The Morgan fingerprint density at radius 3 is 2.24 bits per heavy atom. The quantitative estimate of drug-likeness (QED) is 0.570. The molecular weight excluding hydrogens is 398 g/mol. The Morgan fingerprint density at radius 1 is 0.840 bits per heavy atom. The molecular formula is C21H21BrClNO. The van der Waals surface area contributed by atoms with Gasteiger partial charge in [0.15, 0.2) is 0 Å². The fourth-order valence-corrected chi connectivity index (χ4v) is 2.85. The van der Waals surface area contributed by atoms with Crippen LogP contribution in [0.25, 0.3) is 0 Å². The summed E-state index contributed by atoms with van der Waals surface area (Å²) >= 11 is 3.45. The van der Waals surface area contributed by atoms with Gasteiger partial charge in [-0.2, -0.15) is 0 Å². The van der Waals surface area contributed by atoms with Crippen molar-refractivity contribution in [1.29, 1.82) is 0 Å². The van der Waals surface area contributed by atoms with E-state index in [4.69, 9.17) is 10.5 Å². The Bertz CT molecular complexity index is 777. The zero-order chi connectivity index (χ0) is 16.8. The fourth-order valence-electron chi connectivity index (χ4n) is 2.59. The van der Waals surface area contributed by atoms with Gasteiger partial charge in [-0.05, 0) is 41.0 Å². The second-order valence-electron chi connectivity index (χ2n) is 5.69. The number of hydrogen-bond acceptors (Lipinski definition) is 2. The average molecular weight is 419 g/mol. The molecule has 25 heavy (non-hydrogen) atoms. The molecule has 0 spiro atoms. The van der Waals surface area contributed by atoms with Gasteiger partial charge in [-0.15, -0.1) is 12.4 Å². The van der Waals surface area contributed by atoms with Gasteiger partial charge in [0.2, 0.25) is 0 Å². The molecule has 2 nitrogen and oxygen atoms in total. The van der Waals surface area contributed by atoms with Crippen LogP contribution in [-0.2, 0) is 6.42 Å². The molecule has 0 radical (unpaired) electrons. The van der Waals surface area contributed by atoms with E-state index in [0.29, 0.717) is 6.61 Å². The molecule has 0 aliphatic heterocycles. The molecule has 0 saturated heterocycles. The van der Waals surface area contributed by atoms with Gasteiger partial charge in [-0.1, -0.05) is 70.5 Å². The second kappa shape index (κ2) is 9.62. The molecule has 0 aliphatic rings. The van der Waals surface area contributed by atoms with E-state index in [2.05, 4.69) is 40.2 Å². The second-order valence-corrected chi connectivity index (χ2v) is 6.60. The summed E-state index contributed by atoms with van der Waals surface area (Å²) in [6.45, 7) is 0.645. The maximum absolute atomic E-state index is 6.36. The zero-order valence-electron chi connectivity index (χ0n) is 13.8. The highest BCUT2D eigenvalue weighted by Crippen LogP contribution is 2.23. The molecule has 0 heterocycles. The number of benzene rings is 3. The van der Waals surface area contributed by atoms with Gasteiger partial charge in [0, 0.05) is 10.9 Å². The van der Waals surface area contributed by atoms with Crippen molar-refractivity contribution < 1.29 is 4.74 Å². The van der Waals surface area contributed by atoms with E-state index in [1.165, 1.54) is 5.56 Å². The largest absolute Gasteiger partial charge is 0.493 e. The van der Waals surface area contributed by atoms with Crippen molar-refractivity contribution in [2.45, 2.75) is 12.5 Å². The number of ether oxygens (including phenoxy) is 1. The lowest BCUT2D eigenvalue weighted by Crippen LogP contribution is -2.12. The Hall–Kier alpha value is -1.81. The lowest BCUT2D eigenvalue weighted by Gasteiger charge is -2.14. The van der Waals surface area contributed by atoms with Crippen LogP contribution in [0.4, 0.5) is 0 Å². The van der Waals surface area contributed by atoms with Crippen LogP contribution < -0.4 is 10.5 Å². The van der Waals surface area contributed by atoms with Gasteiger partial charge in [-0.25, -0.2) is 0 Å². The highest BCUT2D eigenvalue weighted by molar-refractivity contribution is 9.10. The predicted octanol–water partition coefficient (Wildman–Crippen LogP) is 5.54. The Kier molecular flexibility index (Phi) is 7.51. The number of halogens is 2. The first-order valence-electron chi connectivity index (χ1n) is 8.00. The molecule has 3 aromatic carbocycles. The van der Waals surface area contributed by atoms with E-state index >= 15 is 0 Å². The highest BCUT2D eigenvalue weighted by atomic mass is 79.9. The maximum atomic E-state index is 6.36. The molecule has 4 heteroatoms. The van der Waals surface area contributed by atoms with E-state index in [9.17, 15) is 0 Å². The van der Waals surface area contributed by atoms with Crippen molar-refractivity contribution >= 4 is 28.3 Å². The third-order valence-electron chi connectivity index (χ3n) is 3.95. The van der Waals surface area contributed by atoms with Gasteiger partial charge in [-0.3, -0.25) is 0 Å². The molecule has 1 unspecified atom stereocenters. The van der Waals surface area contributed by atoms with Gasteiger partial charge in [0.05, 0.1) is 12.6 Å². The molecule has 0 bridgehead atoms. The smallest absolute Gasteiger partial charge is 0.119 e. The van der Waals surface area contributed by atoms with Crippen LogP contribution in [0.15, 0.2) is 83.3 Å². The van der Waals surface area contributed by atoms with E-state index in [1.807, 2.05) is 54.6 Å². The third-order valence-corrected chi connectivity index (χ3v) is 4.48. The monoisotopic (exact) mass is 417 g/mol. The van der Waals surface area contributed by atoms with E-state index in [0.717, 1.165) is 27.8 Å². The summed E-state index contributed by atoms with van der Waals surface area (Å²) in [5, 5.41) is 0. The summed E-state index contributed by atoms with van der Waals surface area (Å²) in [7, 11) is 0. The lowest BCUT2D eigenvalue weighted by molar-refractivity contribution is 0.321. The van der Waals surface area contributed by atoms with E-state index < -0.39 is 0 Å². The minimum Gasteiger partial charge on any atom is -0.493 e. The van der Waals surface area contributed by atoms with Gasteiger partial charge < -0.3 is 10.5 Å². The first-order valence-corrected chi connectivity index (χ1v) is 8.79. The summed E-state index contributed by atoms with van der Waals surface area (Å²) < 4.78 is 6.99. The Labute approximate surface area is 163 Å². The normalized spacial score (nSPS) is 11.4. The summed E-state index contributed by atoms with van der Waals surface area (Å²) in [5.41, 5.74) is 9.78. The fraction of sp³-hybridized carbons (Fsp3) is 0.143. The van der Waals surface area contributed by atoms with Crippen molar-refractivity contribution in [3.8, 4) is 5.75 Å². The zero-order valence-corrected chi connectivity index (χ0v) is 16.2. The van der Waals surface area contributed by atoms with Crippen molar-refractivity contribution in [3.05, 3.63) is 100 Å². The molecule has 0 aliphatic carbocycles. The molecule has 130 valence electrons. The van der Waals surface area contributed by atoms with Crippen LogP contribution in [0.1, 0.15) is 22.7 Å². The van der Waals surface area contributed by atoms with Crippen molar-refractivity contribution in [1.82, 2.24) is 0 Å². The minimum absolute atomic E-state index is 0. The molecule has 1 atom stereocenters. The number of hydrogen-bond donors (Lipinski definition) is 1. The van der Waals surface area contributed by atoms with Crippen molar-refractivity contribution in [3.63, 3.8) is 0 Å². The SMILES string of the molecule is Cl.NC(c1ccccc1)c1cccc(OCCc2ccc(Br)cc2)c1. The molecule has 3 aromatic rings. The van der Waals surface area contributed by atoms with Crippen LogP contribution in [0.5, 0.6) is 5.75 Å². The van der Waals surface area contributed by atoms with Crippen LogP contribution in [0, 0.1) is 0 Å². The average Bonchev–Trinajstić information content (AvgIpc) is 2.64. The van der Waals surface area contributed by atoms with E-state index in [-0.39, 0.29) is 18.4 Å².